The highest BCUT2D eigenvalue weighted by atomic mass is 79.9. The zero-order valence-electron chi connectivity index (χ0n) is 11.1. The van der Waals surface area contributed by atoms with Crippen molar-refractivity contribution >= 4 is 33.4 Å². The molecule has 0 bridgehead atoms. The Balaban J connectivity index is 1.84. The smallest absolute Gasteiger partial charge is 0.329 e. The van der Waals surface area contributed by atoms with Crippen LogP contribution in [0.4, 0.5) is 17.5 Å². The monoisotopic (exact) mass is 351 g/mol. The maximum atomic E-state index is 10.6. The van der Waals surface area contributed by atoms with E-state index in [0.717, 1.165) is 23.5 Å². The molecule has 0 spiro atoms. The van der Waals surface area contributed by atoms with Crippen molar-refractivity contribution in [3.05, 3.63) is 50.6 Å². The summed E-state index contributed by atoms with van der Waals surface area (Å²) < 4.78 is 1.06. The van der Waals surface area contributed by atoms with Gasteiger partial charge in [-0.2, -0.15) is 4.98 Å². The standard InChI is InChI=1S/C13H14BrN5O2/c14-10-5-1-3-9(7-10)4-2-6-16-13-17-8-11(19(20)21)12(15)18-13/h1,3,5,7-8H,2,4,6H2,(H3,15,16,17,18). The molecule has 0 amide bonds. The summed E-state index contributed by atoms with van der Waals surface area (Å²) in [6.07, 6.45) is 2.91. The molecular formula is C13H14BrN5O2. The van der Waals surface area contributed by atoms with Gasteiger partial charge in [0.15, 0.2) is 0 Å². The number of halogens is 1. The van der Waals surface area contributed by atoms with Crippen LogP contribution in [0, 0.1) is 10.1 Å². The summed E-state index contributed by atoms with van der Waals surface area (Å²) in [4.78, 5) is 17.7. The van der Waals surface area contributed by atoms with Crippen LogP contribution in [0.25, 0.3) is 0 Å². The molecule has 0 saturated heterocycles. The van der Waals surface area contributed by atoms with E-state index in [2.05, 4.69) is 43.3 Å². The highest BCUT2D eigenvalue weighted by Gasteiger charge is 2.13. The van der Waals surface area contributed by atoms with Gasteiger partial charge in [-0.3, -0.25) is 10.1 Å². The number of nitrogens with zero attached hydrogens (tertiary/aromatic N) is 3. The van der Waals surface area contributed by atoms with Crippen molar-refractivity contribution in [1.29, 1.82) is 0 Å². The lowest BCUT2D eigenvalue weighted by molar-refractivity contribution is -0.384. The SMILES string of the molecule is Nc1nc(NCCCc2cccc(Br)c2)ncc1[N+](=O)[O-]. The topological polar surface area (TPSA) is 107 Å². The van der Waals surface area contributed by atoms with Gasteiger partial charge in [0, 0.05) is 11.0 Å². The summed E-state index contributed by atoms with van der Waals surface area (Å²) in [5.74, 6) is 0.164. The Bertz CT molecular complexity index is 650. The highest BCUT2D eigenvalue weighted by molar-refractivity contribution is 9.10. The third-order valence-corrected chi connectivity index (χ3v) is 3.30. The molecule has 1 aromatic heterocycles. The maximum absolute atomic E-state index is 10.6. The average molecular weight is 352 g/mol. The lowest BCUT2D eigenvalue weighted by Gasteiger charge is -2.05. The molecule has 8 heteroatoms. The molecule has 1 heterocycles. The molecular weight excluding hydrogens is 338 g/mol. The van der Waals surface area contributed by atoms with Crippen molar-refractivity contribution in [2.45, 2.75) is 12.8 Å². The van der Waals surface area contributed by atoms with Crippen LogP contribution >= 0.6 is 15.9 Å². The molecule has 2 aromatic rings. The van der Waals surface area contributed by atoms with E-state index in [1.54, 1.807) is 0 Å². The maximum Gasteiger partial charge on any atom is 0.329 e. The highest BCUT2D eigenvalue weighted by Crippen LogP contribution is 2.18. The van der Waals surface area contributed by atoms with Crippen LogP contribution in [-0.4, -0.2) is 21.4 Å². The van der Waals surface area contributed by atoms with Gasteiger partial charge < -0.3 is 11.1 Å². The zero-order valence-corrected chi connectivity index (χ0v) is 12.7. The summed E-state index contributed by atoms with van der Waals surface area (Å²) in [5.41, 5.74) is 6.45. The van der Waals surface area contributed by atoms with Gasteiger partial charge in [-0.05, 0) is 30.5 Å². The van der Waals surface area contributed by atoms with Crippen LogP contribution in [0.15, 0.2) is 34.9 Å². The number of benzene rings is 1. The minimum Gasteiger partial charge on any atom is -0.378 e. The zero-order chi connectivity index (χ0) is 15.2. The molecule has 7 nitrogen and oxygen atoms in total. The average Bonchev–Trinajstić information content (AvgIpc) is 2.43. The van der Waals surface area contributed by atoms with Gasteiger partial charge in [0.05, 0.1) is 4.92 Å². The van der Waals surface area contributed by atoms with Crippen molar-refractivity contribution in [2.24, 2.45) is 0 Å². The first-order valence-corrected chi connectivity index (χ1v) is 7.11. The first-order chi connectivity index (χ1) is 10.1. The fraction of sp³-hybridized carbons (Fsp3) is 0.231. The van der Waals surface area contributed by atoms with Crippen molar-refractivity contribution in [3.63, 3.8) is 0 Å². The number of aryl methyl sites for hydroxylation is 1. The van der Waals surface area contributed by atoms with E-state index in [0.29, 0.717) is 12.5 Å². The number of anilines is 2. The van der Waals surface area contributed by atoms with E-state index in [-0.39, 0.29) is 11.5 Å². The van der Waals surface area contributed by atoms with Crippen molar-refractivity contribution in [3.8, 4) is 0 Å². The van der Waals surface area contributed by atoms with Gasteiger partial charge >= 0.3 is 5.69 Å². The number of nitrogens with one attached hydrogen (secondary N) is 1. The summed E-state index contributed by atoms with van der Waals surface area (Å²) in [5, 5.41) is 13.6. The summed E-state index contributed by atoms with van der Waals surface area (Å²) in [6.45, 7) is 0.657. The number of nitrogen functional groups attached to an aromatic ring is 1. The van der Waals surface area contributed by atoms with E-state index >= 15 is 0 Å². The van der Waals surface area contributed by atoms with E-state index in [1.165, 1.54) is 5.56 Å². The van der Waals surface area contributed by atoms with Crippen LogP contribution in [-0.2, 0) is 6.42 Å². The Hall–Kier alpha value is -2.22. The Labute approximate surface area is 129 Å². The fourth-order valence-electron chi connectivity index (χ4n) is 1.80. The van der Waals surface area contributed by atoms with Crippen molar-refractivity contribution < 1.29 is 4.92 Å². The van der Waals surface area contributed by atoms with Crippen LogP contribution in [0.1, 0.15) is 12.0 Å². The minimum absolute atomic E-state index is 0.135. The van der Waals surface area contributed by atoms with Gasteiger partial charge in [0.25, 0.3) is 0 Å². The molecule has 0 saturated carbocycles. The number of hydrogen-bond acceptors (Lipinski definition) is 6. The van der Waals surface area contributed by atoms with Crippen LogP contribution in [0.3, 0.4) is 0 Å². The molecule has 3 N–H and O–H groups in total. The molecule has 110 valence electrons. The number of aromatic nitrogens is 2. The summed E-state index contributed by atoms with van der Waals surface area (Å²) >= 11 is 3.43. The molecule has 0 fully saturated rings. The second-order valence-electron chi connectivity index (χ2n) is 4.38. The molecule has 0 aliphatic heterocycles. The van der Waals surface area contributed by atoms with Crippen molar-refractivity contribution in [2.75, 3.05) is 17.6 Å². The van der Waals surface area contributed by atoms with Gasteiger partial charge in [-0.15, -0.1) is 0 Å². The second kappa shape index (κ2) is 6.98. The Morgan fingerprint density at radius 3 is 2.90 bits per heavy atom. The second-order valence-corrected chi connectivity index (χ2v) is 5.30. The lowest BCUT2D eigenvalue weighted by Crippen LogP contribution is -2.09. The van der Waals surface area contributed by atoms with Crippen LogP contribution in [0.5, 0.6) is 0 Å². The minimum atomic E-state index is -0.605. The van der Waals surface area contributed by atoms with Crippen LogP contribution in [0.2, 0.25) is 0 Å². The summed E-state index contributed by atoms with van der Waals surface area (Å²) in [6, 6.07) is 8.10. The van der Waals surface area contributed by atoms with Gasteiger partial charge in [0.1, 0.15) is 6.20 Å². The van der Waals surface area contributed by atoms with Gasteiger partial charge in [-0.25, -0.2) is 4.98 Å². The predicted octanol–water partition coefficient (Wildman–Crippen LogP) is 2.77. The van der Waals surface area contributed by atoms with E-state index < -0.39 is 4.92 Å². The molecule has 0 aliphatic carbocycles. The summed E-state index contributed by atoms with van der Waals surface area (Å²) in [7, 11) is 0. The van der Waals surface area contributed by atoms with Gasteiger partial charge in [0.2, 0.25) is 11.8 Å². The Morgan fingerprint density at radius 2 is 2.24 bits per heavy atom. The van der Waals surface area contributed by atoms with E-state index in [1.807, 2.05) is 12.1 Å². The van der Waals surface area contributed by atoms with Crippen LogP contribution < -0.4 is 11.1 Å². The number of nitrogens with two attached hydrogens (primary N) is 1. The molecule has 1 aromatic carbocycles. The lowest BCUT2D eigenvalue weighted by atomic mass is 10.1. The van der Waals surface area contributed by atoms with Crippen molar-refractivity contribution in [1.82, 2.24) is 9.97 Å². The number of hydrogen-bond donors (Lipinski definition) is 2. The number of rotatable bonds is 6. The third kappa shape index (κ3) is 4.38. The number of nitro groups is 1. The first kappa shape index (κ1) is 15.2. The Kier molecular flexibility index (Phi) is 5.04. The molecule has 0 radical (unpaired) electrons. The molecule has 2 rings (SSSR count). The first-order valence-electron chi connectivity index (χ1n) is 6.31. The molecule has 21 heavy (non-hydrogen) atoms. The van der Waals surface area contributed by atoms with E-state index in [9.17, 15) is 10.1 Å². The van der Waals surface area contributed by atoms with E-state index in [4.69, 9.17) is 5.73 Å². The predicted molar refractivity (Wildman–Crippen MR) is 84.1 cm³/mol. The third-order valence-electron chi connectivity index (χ3n) is 2.81. The fourth-order valence-corrected chi connectivity index (χ4v) is 2.25. The normalized spacial score (nSPS) is 10.3. The quantitative estimate of drug-likeness (QED) is 0.470. The largest absolute Gasteiger partial charge is 0.378 e. The Morgan fingerprint density at radius 1 is 1.43 bits per heavy atom. The molecule has 0 aliphatic rings. The molecule has 0 atom stereocenters. The molecule has 0 unspecified atom stereocenters. The van der Waals surface area contributed by atoms with Gasteiger partial charge in [-0.1, -0.05) is 28.1 Å².